The Balaban J connectivity index is 3.01. The van der Waals surface area contributed by atoms with Crippen molar-refractivity contribution in [3.05, 3.63) is 0 Å². The highest BCUT2D eigenvalue weighted by Crippen LogP contribution is 2.10. The van der Waals surface area contributed by atoms with E-state index in [1.807, 2.05) is 0 Å². The van der Waals surface area contributed by atoms with Gasteiger partial charge >= 0.3 is 5.97 Å². The summed E-state index contributed by atoms with van der Waals surface area (Å²) in [4.78, 5) is 87.3. The highest BCUT2D eigenvalue weighted by atomic mass is 16.4. The van der Waals surface area contributed by atoms with Gasteiger partial charge in [0.15, 0.2) is 0 Å². The smallest absolute Gasteiger partial charge is 0.328 e. The Morgan fingerprint density at radius 1 is 0.773 bits per heavy atom. The standard InChI is InChI=1S/C27H47N7O10/c1-13(2)10-17(24(40)33-19(12-36)27(43)44)31-26(42)21(14(3)4)34-25(41)18(11-35)32-23(39)16(7-8-20(28)37)30-22(38)15-6-5-9-29-15/h13-19,21,29,35-36H,5-12H2,1-4H3,(H2,28,37)(H,30,38)(H,31,42)(H,32,39)(H,33,40)(H,34,41)(H,43,44)/t15-,16-,17-,18-,19-,21-/m0/s1. The molecule has 17 heteroatoms. The molecule has 0 aromatic carbocycles. The minimum Gasteiger partial charge on any atom is -0.480 e. The van der Waals surface area contributed by atoms with Crippen LogP contribution in [0.25, 0.3) is 0 Å². The highest BCUT2D eigenvalue weighted by molar-refractivity contribution is 5.96. The van der Waals surface area contributed by atoms with Crippen LogP contribution < -0.4 is 37.6 Å². The summed E-state index contributed by atoms with van der Waals surface area (Å²) < 4.78 is 0. The first-order valence-corrected chi connectivity index (χ1v) is 14.6. The van der Waals surface area contributed by atoms with Crippen molar-refractivity contribution in [1.29, 1.82) is 0 Å². The van der Waals surface area contributed by atoms with Crippen molar-refractivity contribution in [3.63, 3.8) is 0 Å². The topological polar surface area (TPSA) is 278 Å². The number of nitrogens with one attached hydrogen (secondary N) is 6. The average molecular weight is 630 g/mol. The van der Waals surface area contributed by atoms with Crippen LogP contribution in [0.15, 0.2) is 0 Å². The zero-order chi connectivity index (χ0) is 33.6. The zero-order valence-corrected chi connectivity index (χ0v) is 25.6. The lowest BCUT2D eigenvalue weighted by Gasteiger charge is -2.28. The number of aliphatic hydroxyl groups is 2. The van der Waals surface area contributed by atoms with Gasteiger partial charge in [-0.1, -0.05) is 27.7 Å². The molecule has 11 N–H and O–H groups in total. The summed E-state index contributed by atoms with van der Waals surface area (Å²) in [7, 11) is 0. The van der Waals surface area contributed by atoms with Crippen LogP contribution in [0.1, 0.15) is 59.8 Å². The van der Waals surface area contributed by atoms with E-state index in [-0.39, 0.29) is 25.2 Å². The van der Waals surface area contributed by atoms with E-state index in [9.17, 15) is 43.8 Å². The monoisotopic (exact) mass is 629 g/mol. The van der Waals surface area contributed by atoms with E-state index in [0.29, 0.717) is 13.0 Å². The summed E-state index contributed by atoms with van der Waals surface area (Å²) in [5.74, 6) is -6.74. The molecule has 0 saturated carbocycles. The summed E-state index contributed by atoms with van der Waals surface area (Å²) in [5, 5.41) is 43.3. The average Bonchev–Trinajstić information content (AvgIpc) is 3.49. The van der Waals surface area contributed by atoms with E-state index in [1.165, 1.54) is 0 Å². The number of carboxylic acids is 1. The summed E-state index contributed by atoms with van der Waals surface area (Å²) in [6, 6.07) is -7.36. The van der Waals surface area contributed by atoms with E-state index >= 15 is 0 Å². The number of aliphatic hydroxyl groups excluding tert-OH is 2. The normalized spacial score (nSPS) is 18.0. The number of carbonyl (C=O) groups is 7. The fourth-order valence-corrected chi connectivity index (χ4v) is 4.41. The van der Waals surface area contributed by atoms with Gasteiger partial charge < -0.3 is 53.0 Å². The minimum absolute atomic E-state index is 0.109. The summed E-state index contributed by atoms with van der Waals surface area (Å²) in [6.07, 6.45) is 1.03. The fraction of sp³-hybridized carbons (Fsp3) is 0.741. The molecule has 0 bridgehead atoms. The molecule has 17 nitrogen and oxygen atoms in total. The second-order valence-electron chi connectivity index (χ2n) is 11.5. The number of carboxylic acid groups (broad SMARTS) is 1. The largest absolute Gasteiger partial charge is 0.480 e. The van der Waals surface area contributed by atoms with E-state index in [1.54, 1.807) is 27.7 Å². The van der Waals surface area contributed by atoms with Crippen molar-refractivity contribution in [3.8, 4) is 0 Å². The van der Waals surface area contributed by atoms with Gasteiger partial charge in [0.05, 0.1) is 19.3 Å². The molecule has 0 spiro atoms. The number of hydrogen-bond acceptors (Lipinski definition) is 10. The Hall–Kier alpha value is -3.83. The molecule has 1 fully saturated rings. The van der Waals surface area contributed by atoms with Gasteiger partial charge in [-0.15, -0.1) is 0 Å². The van der Waals surface area contributed by atoms with Gasteiger partial charge in [0.25, 0.3) is 0 Å². The number of aliphatic carboxylic acids is 1. The SMILES string of the molecule is CC(C)C[C@H](NC(=O)[C@@H](NC(=O)[C@H](CO)NC(=O)[C@H](CCC(N)=O)NC(=O)[C@@H]1CCCN1)C(C)C)C(=O)N[C@@H](CO)C(=O)O. The predicted octanol–water partition coefficient (Wildman–Crippen LogP) is -3.80. The summed E-state index contributed by atoms with van der Waals surface area (Å²) >= 11 is 0. The van der Waals surface area contributed by atoms with Gasteiger partial charge in [-0.25, -0.2) is 4.79 Å². The predicted molar refractivity (Wildman–Crippen MR) is 155 cm³/mol. The molecule has 0 aromatic heterocycles. The fourth-order valence-electron chi connectivity index (χ4n) is 4.41. The lowest BCUT2D eigenvalue weighted by atomic mass is 9.99. The molecule has 1 heterocycles. The molecule has 6 atom stereocenters. The van der Waals surface area contributed by atoms with Crippen molar-refractivity contribution >= 4 is 41.4 Å². The maximum atomic E-state index is 13.2. The molecule has 250 valence electrons. The molecular formula is C27H47N7O10. The van der Waals surface area contributed by atoms with E-state index in [4.69, 9.17) is 10.8 Å². The van der Waals surface area contributed by atoms with E-state index in [2.05, 4.69) is 31.9 Å². The van der Waals surface area contributed by atoms with E-state index in [0.717, 1.165) is 6.42 Å². The number of hydrogen-bond donors (Lipinski definition) is 10. The maximum absolute atomic E-state index is 13.2. The molecule has 0 radical (unpaired) electrons. The number of rotatable bonds is 19. The second kappa shape index (κ2) is 18.7. The Morgan fingerprint density at radius 3 is 1.80 bits per heavy atom. The van der Waals surface area contributed by atoms with Crippen LogP contribution >= 0.6 is 0 Å². The van der Waals surface area contributed by atoms with E-state index < -0.39 is 96.8 Å². The van der Waals surface area contributed by atoms with Crippen LogP contribution in [0.2, 0.25) is 0 Å². The van der Waals surface area contributed by atoms with Gasteiger partial charge in [-0.2, -0.15) is 0 Å². The Labute approximate surface area is 255 Å². The third-order valence-corrected chi connectivity index (χ3v) is 6.89. The van der Waals surface area contributed by atoms with Crippen molar-refractivity contribution in [2.45, 2.75) is 96.1 Å². The molecule has 1 aliphatic heterocycles. The van der Waals surface area contributed by atoms with Crippen molar-refractivity contribution < 1.29 is 48.9 Å². The molecule has 0 aliphatic carbocycles. The molecule has 1 saturated heterocycles. The Bertz CT molecular complexity index is 1030. The molecular weight excluding hydrogens is 582 g/mol. The number of nitrogens with two attached hydrogens (primary N) is 1. The van der Waals surface area contributed by atoms with Crippen LogP contribution in [-0.2, 0) is 33.6 Å². The number of carbonyl (C=O) groups excluding carboxylic acids is 6. The first-order valence-electron chi connectivity index (χ1n) is 14.6. The van der Waals surface area contributed by atoms with Crippen LogP contribution in [-0.4, -0.2) is 113 Å². The van der Waals surface area contributed by atoms with Gasteiger partial charge in [0.2, 0.25) is 35.4 Å². The lowest BCUT2D eigenvalue weighted by Crippen LogP contribution is -2.61. The Kier molecular flexibility index (Phi) is 16.3. The van der Waals surface area contributed by atoms with Crippen LogP contribution in [0.4, 0.5) is 0 Å². The highest BCUT2D eigenvalue weighted by Gasteiger charge is 2.34. The zero-order valence-electron chi connectivity index (χ0n) is 25.6. The van der Waals surface area contributed by atoms with Crippen LogP contribution in [0, 0.1) is 11.8 Å². The number of primary amides is 1. The molecule has 0 unspecified atom stereocenters. The second-order valence-corrected chi connectivity index (χ2v) is 11.5. The quantitative estimate of drug-likeness (QED) is 0.0661. The molecule has 44 heavy (non-hydrogen) atoms. The van der Waals surface area contributed by atoms with Crippen molar-refractivity contribution in [2.75, 3.05) is 19.8 Å². The molecule has 0 aromatic rings. The van der Waals surface area contributed by atoms with Crippen molar-refractivity contribution in [1.82, 2.24) is 31.9 Å². The number of amides is 6. The van der Waals surface area contributed by atoms with Crippen LogP contribution in [0.3, 0.4) is 0 Å². The lowest BCUT2D eigenvalue weighted by molar-refractivity contribution is -0.143. The summed E-state index contributed by atoms with van der Waals surface area (Å²) in [5.41, 5.74) is 5.20. The third-order valence-electron chi connectivity index (χ3n) is 6.89. The minimum atomic E-state index is -1.59. The third kappa shape index (κ3) is 12.8. The van der Waals surface area contributed by atoms with Gasteiger partial charge in [-0.3, -0.25) is 28.8 Å². The molecule has 1 aliphatic rings. The van der Waals surface area contributed by atoms with Gasteiger partial charge in [-0.05, 0) is 44.1 Å². The molecule has 1 rings (SSSR count). The molecule has 6 amide bonds. The van der Waals surface area contributed by atoms with Gasteiger partial charge in [0, 0.05) is 6.42 Å². The maximum Gasteiger partial charge on any atom is 0.328 e. The Morgan fingerprint density at radius 2 is 1.32 bits per heavy atom. The van der Waals surface area contributed by atoms with Crippen LogP contribution in [0.5, 0.6) is 0 Å². The first-order chi connectivity index (χ1) is 20.6. The van der Waals surface area contributed by atoms with Gasteiger partial charge in [0.1, 0.15) is 30.2 Å². The first kappa shape index (κ1) is 38.2. The summed E-state index contributed by atoms with van der Waals surface area (Å²) in [6.45, 7) is 5.63. The van der Waals surface area contributed by atoms with Crippen molar-refractivity contribution in [2.24, 2.45) is 17.6 Å².